The SMILES string of the molecule is [c]1n[c]sn1. The van der Waals surface area contributed by atoms with Gasteiger partial charge >= 0.3 is 0 Å². The summed E-state index contributed by atoms with van der Waals surface area (Å²) in [6, 6.07) is 0. The van der Waals surface area contributed by atoms with E-state index in [1.807, 2.05) is 0 Å². The fourth-order valence-corrected chi connectivity index (χ4v) is 0.306. The molecule has 3 heteroatoms. The Morgan fingerprint density at radius 3 is 2.80 bits per heavy atom. The van der Waals surface area contributed by atoms with Gasteiger partial charge in [-0.25, -0.2) is 4.98 Å². The smallest absolute Gasteiger partial charge is 0.209 e. The van der Waals surface area contributed by atoms with Gasteiger partial charge in [0.2, 0.25) is 6.33 Å². The third-order valence-electron chi connectivity index (χ3n) is 0.223. The van der Waals surface area contributed by atoms with Gasteiger partial charge in [-0.15, -0.1) is 0 Å². The summed E-state index contributed by atoms with van der Waals surface area (Å²) in [6.45, 7) is 0. The van der Waals surface area contributed by atoms with Crippen LogP contribution in [0.2, 0.25) is 0 Å². The molecule has 0 bridgehead atoms. The molecular formula is C2N2S. The van der Waals surface area contributed by atoms with Crippen molar-refractivity contribution in [3.63, 3.8) is 0 Å². The Morgan fingerprint density at radius 2 is 2.60 bits per heavy atom. The first-order chi connectivity index (χ1) is 2.50. The van der Waals surface area contributed by atoms with Crippen LogP contribution in [0.1, 0.15) is 0 Å². The van der Waals surface area contributed by atoms with Gasteiger partial charge in [0.25, 0.3) is 0 Å². The van der Waals surface area contributed by atoms with E-state index in [9.17, 15) is 0 Å². The first-order valence-corrected chi connectivity index (χ1v) is 1.83. The second-order valence-electron chi connectivity index (χ2n) is 0.486. The highest BCUT2D eigenvalue weighted by molar-refractivity contribution is 7.02. The molecule has 0 spiro atoms. The number of hydrogen-bond donors (Lipinski definition) is 0. The molecule has 0 N–H and O–H groups in total. The third kappa shape index (κ3) is 0.417. The lowest BCUT2D eigenvalue weighted by Gasteiger charge is -1.35. The maximum Gasteiger partial charge on any atom is 0.212 e. The average Bonchev–Trinajstić information content (AvgIpc) is 1.76. The molecule has 2 nitrogen and oxygen atoms in total. The van der Waals surface area contributed by atoms with E-state index in [4.69, 9.17) is 0 Å². The fourth-order valence-electron chi connectivity index (χ4n) is 0.102. The van der Waals surface area contributed by atoms with Crippen LogP contribution in [0.25, 0.3) is 0 Å². The van der Waals surface area contributed by atoms with E-state index in [0.717, 1.165) is 0 Å². The van der Waals surface area contributed by atoms with E-state index in [1.54, 1.807) is 0 Å². The van der Waals surface area contributed by atoms with Crippen molar-refractivity contribution < 1.29 is 0 Å². The second-order valence-corrected chi connectivity index (χ2v) is 1.03. The van der Waals surface area contributed by atoms with Crippen LogP contribution in [0.15, 0.2) is 0 Å². The van der Waals surface area contributed by atoms with Crippen molar-refractivity contribution in [2.24, 2.45) is 0 Å². The highest BCUT2D eigenvalue weighted by Crippen LogP contribution is 1.74. The van der Waals surface area contributed by atoms with Crippen molar-refractivity contribution in [2.45, 2.75) is 0 Å². The molecule has 0 fully saturated rings. The standard InChI is InChI=1S/C2N2S/c1-3-2-5-4-1. The number of hydrogen-bond acceptors (Lipinski definition) is 3. The van der Waals surface area contributed by atoms with E-state index < -0.39 is 0 Å². The largest absolute Gasteiger partial charge is 0.212 e. The molecule has 0 aromatic carbocycles. The van der Waals surface area contributed by atoms with Gasteiger partial charge in [0.05, 0.1) is 0 Å². The number of aromatic nitrogens is 2. The third-order valence-corrected chi connectivity index (χ3v) is 0.569. The van der Waals surface area contributed by atoms with Gasteiger partial charge in [0.1, 0.15) is 0 Å². The van der Waals surface area contributed by atoms with Crippen molar-refractivity contribution in [1.82, 2.24) is 9.36 Å². The van der Waals surface area contributed by atoms with Gasteiger partial charge < -0.3 is 0 Å². The minimum Gasteiger partial charge on any atom is -0.209 e. The predicted octanol–water partition coefficient (Wildman–Crippen LogP) is 0.138. The Hall–Kier alpha value is -0.440. The van der Waals surface area contributed by atoms with Gasteiger partial charge in [0, 0.05) is 0 Å². The highest BCUT2D eigenvalue weighted by atomic mass is 32.1. The van der Waals surface area contributed by atoms with Crippen LogP contribution in [0.4, 0.5) is 0 Å². The molecule has 0 aliphatic carbocycles. The summed E-state index contributed by atoms with van der Waals surface area (Å²) >= 11 is 1.17. The van der Waals surface area contributed by atoms with Gasteiger partial charge in [0.15, 0.2) is 5.51 Å². The molecule has 2 radical (unpaired) electrons. The highest BCUT2D eigenvalue weighted by Gasteiger charge is 1.65. The summed E-state index contributed by atoms with van der Waals surface area (Å²) in [7, 11) is 0. The molecule has 1 aromatic heterocycles. The lowest BCUT2D eigenvalue weighted by Crippen LogP contribution is -1.46. The number of rotatable bonds is 0. The Morgan fingerprint density at radius 1 is 1.60 bits per heavy atom. The maximum atomic E-state index is 3.47. The zero-order chi connectivity index (χ0) is 3.54. The van der Waals surface area contributed by atoms with E-state index in [1.165, 1.54) is 11.5 Å². The summed E-state index contributed by atoms with van der Waals surface area (Å²) in [4.78, 5) is 3.38. The lowest BCUT2D eigenvalue weighted by atomic mass is 11.4. The molecular weight excluding hydrogens is 84.1 g/mol. The van der Waals surface area contributed by atoms with Gasteiger partial charge in [-0.2, -0.15) is 4.37 Å². The summed E-state index contributed by atoms with van der Waals surface area (Å²) < 4.78 is 3.47. The van der Waals surface area contributed by atoms with Crippen molar-refractivity contribution in [3.05, 3.63) is 11.8 Å². The van der Waals surface area contributed by atoms with E-state index in [-0.39, 0.29) is 0 Å². The Kier molecular flexibility index (Phi) is 0.624. The van der Waals surface area contributed by atoms with Crippen LogP contribution in [0.3, 0.4) is 0 Å². The van der Waals surface area contributed by atoms with Crippen LogP contribution in [-0.2, 0) is 0 Å². The van der Waals surface area contributed by atoms with Crippen molar-refractivity contribution in [3.8, 4) is 0 Å². The van der Waals surface area contributed by atoms with Gasteiger partial charge in [-0.3, -0.25) is 0 Å². The molecule has 0 unspecified atom stereocenters. The predicted molar refractivity (Wildman–Crippen MR) is 17.6 cm³/mol. The quantitative estimate of drug-likeness (QED) is 0.446. The van der Waals surface area contributed by atoms with Crippen molar-refractivity contribution in [1.29, 1.82) is 0 Å². The van der Waals surface area contributed by atoms with Crippen LogP contribution in [0, 0.1) is 11.8 Å². The molecule has 0 saturated carbocycles. The molecule has 0 aliphatic heterocycles. The zero-order valence-corrected chi connectivity index (χ0v) is 3.12. The Bertz CT molecular complexity index is 64.1. The molecule has 0 aliphatic rings. The first-order valence-electron chi connectivity index (χ1n) is 1.06. The first kappa shape index (κ1) is 2.78. The normalized spacial score (nSPS) is 8.00. The van der Waals surface area contributed by atoms with Crippen LogP contribution < -0.4 is 0 Å². The molecule has 0 amide bonds. The molecule has 0 saturated heterocycles. The van der Waals surface area contributed by atoms with Crippen LogP contribution in [-0.4, -0.2) is 9.36 Å². The summed E-state index contributed by atoms with van der Waals surface area (Å²) in [5.41, 5.74) is 2.49. The van der Waals surface area contributed by atoms with Crippen LogP contribution in [0.5, 0.6) is 0 Å². The summed E-state index contributed by atoms with van der Waals surface area (Å²) in [5, 5.41) is 0. The van der Waals surface area contributed by atoms with Gasteiger partial charge in [-0.05, 0) is 11.5 Å². The minimum absolute atomic E-state index is 1.17. The monoisotopic (exact) mass is 84.0 g/mol. The van der Waals surface area contributed by atoms with Crippen LogP contribution >= 0.6 is 11.5 Å². The van der Waals surface area contributed by atoms with E-state index >= 15 is 0 Å². The molecule has 5 heavy (non-hydrogen) atoms. The van der Waals surface area contributed by atoms with Gasteiger partial charge in [-0.1, -0.05) is 0 Å². The molecule has 1 aromatic rings. The Balaban J connectivity index is 3.13. The second kappa shape index (κ2) is 1.12. The summed E-state index contributed by atoms with van der Waals surface area (Å²) in [6.07, 6.45) is 2.32. The molecule has 1 rings (SSSR count). The zero-order valence-electron chi connectivity index (χ0n) is 2.30. The van der Waals surface area contributed by atoms with Crippen molar-refractivity contribution in [2.75, 3.05) is 0 Å². The maximum absolute atomic E-state index is 3.47. The van der Waals surface area contributed by atoms with E-state index in [2.05, 4.69) is 21.2 Å². The fraction of sp³-hybridized carbons (Fsp3) is 0. The molecule has 24 valence electrons. The van der Waals surface area contributed by atoms with Crippen molar-refractivity contribution >= 4 is 11.5 Å². The average molecular weight is 84.1 g/mol. The van der Waals surface area contributed by atoms with E-state index in [0.29, 0.717) is 0 Å². The topological polar surface area (TPSA) is 25.8 Å². The lowest BCUT2D eigenvalue weighted by molar-refractivity contribution is 1.30. The minimum atomic E-state index is 1.17. The molecule has 0 atom stereocenters. The summed E-state index contributed by atoms with van der Waals surface area (Å²) in [5.74, 6) is 0. The Labute approximate surface area is 33.7 Å². The number of nitrogens with zero attached hydrogens (tertiary/aromatic N) is 2. The molecule has 1 heterocycles.